The van der Waals surface area contributed by atoms with Crippen LogP contribution in [-0.4, -0.2) is 45.4 Å². The highest BCUT2D eigenvalue weighted by Gasteiger charge is 2.16. The van der Waals surface area contributed by atoms with Crippen LogP contribution < -0.4 is 5.32 Å². The minimum Gasteiger partial charge on any atom is -0.376 e. The Balaban J connectivity index is 1.51. The van der Waals surface area contributed by atoms with E-state index in [0.29, 0.717) is 13.0 Å². The van der Waals surface area contributed by atoms with Crippen LogP contribution in [0.2, 0.25) is 0 Å². The number of benzene rings is 1. The van der Waals surface area contributed by atoms with E-state index in [0.717, 1.165) is 30.7 Å². The molecule has 0 aliphatic carbocycles. The van der Waals surface area contributed by atoms with E-state index in [-0.39, 0.29) is 12.0 Å². The lowest BCUT2D eigenvalue weighted by Crippen LogP contribution is -2.32. The molecule has 1 amide bonds. The number of rotatable bonds is 5. The molecule has 1 aliphatic heterocycles. The van der Waals surface area contributed by atoms with E-state index in [2.05, 4.69) is 20.8 Å². The summed E-state index contributed by atoms with van der Waals surface area (Å²) < 4.78 is 7.05. The number of hydrogen-bond donors (Lipinski definition) is 1. The predicted octanol–water partition coefficient (Wildman–Crippen LogP) is 0.500. The maximum Gasteiger partial charge on any atom is 0.224 e. The molecular weight excluding hydrogens is 270 g/mol. The first-order valence-electron chi connectivity index (χ1n) is 7.02. The van der Waals surface area contributed by atoms with Crippen molar-refractivity contribution >= 4 is 5.91 Å². The lowest BCUT2D eigenvalue weighted by atomic mass is 10.1. The van der Waals surface area contributed by atoms with Gasteiger partial charge in [0.05, 0.1) is 18.2 Å². The van der Waals surface area contributed by atoms with Crippen molar-refractivity contribution in [2.45, 2.75) is 25.4 Å². The molecule has 1 aromatic carbocycles. The number of carbonyl (C=O) groups excluding carboxylic acids is 1. The Hall–Kier alpha value is -2.28. The van der Waals surface area contributed by atoms with Crippen LogP contribution in [0.4, 0.5) is 0 Å². The molecule has 21 heavy (non-hydrogen) atoms. The van der Waals surface area contributed by atoms with Gasteiger partial charge in [0.25, 0.3) is 0 Å². The zero-order chi connectivity index (χ0) is 14.5. The number of tetrazole rings is 1. The fraction of sp³-hybridized carbons (Fsp3) is 0.429. The molecule has 1 N–H and O–H groups in total. The van der Waals surface area contributed by atoms with Crippen molar-refractivity contribution in [2.24, 2.45) is 0 Å². The van der Waals surface area contributed by atoms with Crippen molar-refractivity contribution in [1.29, 1.82) is 0 Å². The topological polar surface area (TPSA) is 81.9 Å². The summed E-state index contributed by atoms with van der Waals surface area (Å²) in [5, 5.41) is 13.9. The first kappa shape index (κ1) is 13.7. The molecule has 1 fully saturated rings. The van der Waals surface area contributed by atoms with E-state index < -0.39 is 0 Å². The van der Waals surface area contributed by atoms with Gasteiger partial charge in [0.1, 0.15) is 6.33 Å². The molecule has 1 aromatic heterocycles. The second kappa shape index (κ2) is 6.45. The van der Waals surface area contributed by atoms with E-state index in [1.807, 2.05) is 24.3 Å². The number of amides is 1. The van der Waals surface area contributed by atoms with Gasteiger partial charge in [-0.1, -0.05) is 12.1 Å². The lowest BCUT2D eigenvalue weighted by Gasteiger charge is -2.10. The van der Waals surface area contributed by atoms with Gasteiger partial charge in [0, 0.05) is 13.2 Å². The smallest absolute Gasteiger partial charge is 0.224 e. The molecule has 2 heterocycles. The summed E-state index contributed by atoms with van der Waals surface area (Å²) in [7, 11) is 0. The Morgan fingerprint density at radius 3 is 2.90 bits per heavy atom. The molecule has 7 heteroatoms. The quantitative estimate of drug-likeness (QED) is 0.866. The van der Waals surface area contributed by atoms with Crippen molar-refractivity contribution in [3.8, 4) is 5.69 Å². The second-order valence-corrected chi connectivity index (χ2v) is 5.04. The molecule has 110 valence electrons. The van der Waals surface area contributed by atoms with Crippen molar-refractivity contribution in [3.63, 3.8) is 0 Å². The van der Waals surface area contributed by atoms with E-state index >= 15 is 0 Å². The summed E-state index contributed by atoms with van der Waals surface area (Å²) in [6, 6.07) is 7.59. The van der Waals surface area contributed by atoms with E-state index in [9.17, 15) is 4.79 Å². The highest BCUT2D eigenvalue weighted by molar-refractivity contribution is 5.78. The minimum absolute atomic E-state index is 0.0145. The van der Waals surface area contributed by atoms with Gasteiger partial charge in [-0.15, -0.1) is 5.10 Å². The third-order valence-electron chi connectivity index (χ3n) is 3.47. The Labute approximate surface area is 122 Å². The van der Waals surface area contributed by atoms with Crippen molar-refractivity contribution in [1.82, 2.24) is 25.5 Å². The molecule has 0 saturated carbocycles. The van der Waals surface area contributed by atoms with E-state index in [1.165, 1.54) is 6.33 Å². The summed E-state index contributed by atoms with van der Waals surface area (Å²) in [4.78, 5) is 11.9. The maximum absolute atomic E-state index is 11.9. The van der Waals surface area contributed by atoms with Gasteiger partial charge in [-0.3, -0.25) is 4.79 Å². The highest BCUT2D eigenvalue weighted by atomic mass is 16.5. The van der Waals surface area contributed by atoms with Gasteiger partial charge in [0.15, 0.2) is 0 Å². The SMILES string of the molecule is O=C(Cc1ccc(-n2cnnn2)cc1)NC[C@@H]1CCCO1. The highest BCUT2D eigenvalue weighted by Crippen LogP contribution is 2.11. The predicted molar refractivity (Wildman–Crippen MR) is 74.8 cm³/mol. The fourth-order valence-electron chi connectivity index (χ4n) is 2.33. The zero-order valence-electron chi connectivity index (χ0n) is 11.6. The number of ether oxygens (including phenoxy) is 1. The number of nitrogens with one attached hydrogen (secondary N) is 1. The van der Waals surface area contributed by atoms with Crippen LogP contribution in [0.15, 0.2) is 30.6 Å². The molecular formula is C14H17N5O2. The summed E-state index contributed by atoms with van der Waals surface area (Å²) >= 11 is 0. The summed E-state index contributed by atoms with van der Waals surface area (Å²) in [5.41, 5.74) is 1.82. The van der Waals surface area contributed by atoms with Gasteiger partial charge < -0.3 is 10.1 Å². The molecule has 1 aliphatic rings. The molecule has 1 atom stereocenters. The molecule has 0 unspecified atom stereocenters. The zero-order valence-corrected chi connectivity index (χ0v) is 11.6. The van der Waals surface area contributed by atoms with Crippen molar-refractivity contribution in [3.05, 3.63) is 36.2 Å². The first-order chi connectivity index (χ1) is 10.3. The van der Waals surface area contributed by atoms with Crippen LogP contribution in [0, 0.1) is 0 Å². The van der Waals surface area contributed by atoms with Crippen LogP contribution in [0.1, 0.15) is 18.4 Å². The molecule has 1 saturated heterocycles. The van der Waals surface area contributed by atoms with Crippen LogP contribution in [0.5, 0.6) is 0 Å². The van der Waals surface area contributed by atoms with Crippen LogP contribution in [-0.2, 0) is 16.0 Å². The fourth-order valence-corrected chi connectivity index (χ4v) is 2.33. The van der Waals surface area contributed by atoms with Gasteiger partial charge in [-0.25, -0.2) is 4.68 Å². The van der Waals surface area contributed by atoms with Crippen LogP contribution in [0.25, 0.3) is 5.69 Å². The standard InChI is InChI=1S/C14H17N5O2/c20-14(15-9-13-2-1-7-21-13)8-11-3-5-12(6-4-11)19-10-16-17-18-19/h3-6,10,13H,1-2,7-9H2,(H,15,20)/t13-/m0/s1. The average molecular weight is 287 g/mol. The summed E-state index contributed by atoms with van der Waals surface area (Å²) in [6.07, 6.45) is 4.18. The van der Waals surface area contributed by atoms with Gasteiger partial charge in [-0.2, -0.15) is 0 Å². The first-order valence-corrected chi connectivity index (χ1v) is 7.02. The number of hydrogen-bond acceptors (Lipinski definition) is 5. The average Bonchev–Trinajstić information content (AvgIpc) is 3.19. The molecule has 0 bridgehead atoms. The molecule has 3 rings (SSSR count). The number of carbonyl (C=O) groups is 1. The Morgan fingerprint density at radius 1 is 1.38 bits per heavy atom. The van der Waals surface area contributed by atoms with Crippen LogP contribution >= 0.6 is 0 Å². The Morgan fingerprint density at radius 2 is 2.24 bits per heavy atom. The van der Waals surface area contributed by atoms with Gasteiger partial charge in [0.2, 0.25) is 5.91 Å². The van der Waals surface area contributed by atoms with Gasteiger partial charge in [-0.05, 0) is 41.0 Å². The molecule has 7 nitrogen and oxygen atoms in total. The second-order valence-electron chi connectivity index (χ2n) is 5.04. The van der Waals surface area contributed by atoms with Crippen molar-refractivity contribution < 1.29 is 9.53 Å². The Bertz CT molecular complexity index is 576. The molecule has 2 aromatic rings. The third kappa shape index (κ3) is 3.63. The van der Waals surface area contributed by atoms with Crippen LogP contribution in [0.3, 0.4) is 0 Å². The number of nitrogens with zero attached hydrogens (tertiary/aromatic N) is 4. The van der Waals surface area contributed by atoms with Gasteiger partial charge >= 0.3 is 0 Å². The maximum atomic E-state index is 11.9. The largest absolute Gasteiger partial charge is 0.376 e. The normalized spacial score (nSPS) is 17.8. The Kier molecular flexibility index (Phi) is 4.20. The monoisotopic (exact) mass is 287 g/mol. The summed E-state index contributed by atoms with van der Waals surface area (Å²) in [5.74, 6) is 0.0145. The lowest BCUT2D eigenvalue weighted by molar-refractivity contribution is -0.120. The minimum atomic E-state index is 0.0145. The van der Waals surface area contributed by atoms with E-state index in [4.69, 9.17) is 4.74 Å². The number of aromatic nitrogens is 4. The summed E-state index contributed by atoms with van der Waals surface area (Å²) in [6.45, 7) is 1.40. The van der Waals surface area contributed by atoms with Crippen molar-refractivity contribution in [2.75, 3.05) is 13.2 Å². The third-order valence-corrected chi connectivity index (χ3v) is 3.47. The van der Waals surface area contributed by atoms with E-state index in [1.54, 1.807) is 4.68 Å². The molecule has 0 radical (unpaired) electrons. The molecule has 0 spiro atoms.